The third-order valence-corrected chi connectivity index (χ3v) is 2.80. The molecule has 8 heteroatoms. The van der Waals surface area contributed by atoms with Crippen molar-refractivity contribution in [2.45, 2.75) is 26.3 Å². The number of aromatic nitrogens is 4. The highest BCUT2D eigenvalue weighted by Gasteiger charge is 2.20. The third kappa shape index (κ3) is 2.37. The van der Waals surface area contributed by atoms with Crippen LogP contribution in [-0.2, 0) is 4.79 Å². The van der Waals surface area contributed by atoms with Gasteiger partial charge in [-0.3, -0.25) is 4.79 Å². The minimum absolute atomic E-state index is 0.276. The van der Waals surface area contributed by atoms with Crippen LogP contribution in [0.1, 0.15) is 29.4 Å². The van der Waals surface area contributed by atoms with Gasteiger partial charge in [-0.05, 0) is 13.3 Å². The Bertz CT molecular complexity index is 636. The molecule has 0 aliphatic rings. The van der Waals surface area contributed by atoms with Gasteiger partial charge in [0.1, 0.15) is 12.4 Å². The molecule has 0 aromatic carbocycles. The van der Waals surface area contributed by atoms with Crippen LogP contribution in [0.4, 0.5) is 0 Å². The Balaban J connectivity index is 2.31. The normalized spacial score (nSPS) is 12.3. The molecule has 19 heavy (non-hydrogen) atoms. The molecule has 2 heterocycles. The van der Waals surface area contributed by atoms with E-state index in [2.05, 4.69) is 20.4 Å². The summed E-state index contributed by atoms with van der Waals surface area (Å²) in [4.78, 5) is 30.8. The molecule has 0 spiro atoms. The van der Waals surface area contributed by atoms with Crippen LogP contribution < -0.4 is 5.32 Å². The summed E-state index contributed by atoms with van der Waals surface area (Å²) in [6.07, 6.45) is 3.01. The number of nitrogens with zero attached hydrogens (tertiary/aromatic N) is 4. The van der Waals surface area contributed by atoms with Crippen molar-refractivity contribution < 1.29 is 14.7 Å². The van der Waals surface area contributed by atoms with E-state index in [0.717, 1.165) is 0 Å². The summed E-state index contributed by atoms with van der Waals surface area (Å²) >= 11 is 0. The molecule has 0 aliphatic heterocycles. The molecule has 0 bridgehead atoms. The maximum Gasteiger partial charge on any atom is 0.326 e. The fraction of sp³-hybridized carbons (Fsp3) is 0.364. The Hall–Kier alpha value is -2.51. The molecule has 1 amide bonds. The van der Waals surface area contributed by atoms with Crippen molar-refractivity contribution in [1.29, 1.82) is 0 Å². The summed E-state index contributed by atoms with van der Waals surface area (Å²) in [5.41, 5.74) is 0.831. The van der Waals surface area contributed by atoms with Crippen molar-refractivity contribution in [2.24, 2.45) is 0 Å². The Kier molecular flexibility index (Phi) is 3.41. The highest BCUT2D eigenvalue weighted by atomic mass is 16.4. The predicted molar refractivity (Wildman–Crippen MR) is 64.7 cm³/mol. The van der Waals surface area contributed by atoms with Crippen LogP contribution in [0.2, 0.25) is 0 Å². The zero-order chi connectivity index (χ0) is 14.0. The minimum atomic E-state index is -1.07. The first kappa shape index (κ1) is 12.9. The van der Waals surface area contributed by atoms with Crippen molar-refractivity contribution in [3.05, 3.63) is 23.8 Å². The number of carbonyl (C=O) groups is 2. The molecular weight excluding hydrogens is 250 g/mol. The molecule has 1 atom stereocenters. The predicted octanol–water partition coefficient (Wildman–Crippen LogP) is 0.0257. The maximum atomic E-state index is 12.0. The summed E-state index contributed by atoms with van der Waals surface area (Å²) in [5.74, 6) is -1.17. The summed E-state index contributed by atoms with van der Waals surface area (Å²) in [6.45, 7) is 3.38. The molecule has 1 unspecified atom stereocenters. The lowest BCUT2D eigenvalue weighted by molar-refractivity contribution is -0.139. The Morgan fingerprint density at radius 2 is 2.21 bits per heavy atom. The molecule has 0 aliphatic carbocycles. The Morgan fingerprint density at radius 1 is 1.47 bits per heavy atom. The largest absolute Gasteiger partial charge is 0.480 e. The number of fused-ring (bicyclic) bond motifs is 1. The molecule has 2 aromatic heterocycles. The van der Waals surface area contributed by atoms with Gasteiger partial charge in [0.25, 0.3) is 11.7 Å². The van der Waals surface area contributed by atoms with Gasteiger partial charge in [-0.2, -0.15) is 10.1 Å². The second-order valence-electron chi connectivity index (χ2n) is 4.00. The molecule has 0 fully saturated rings. The second kappa shape index (κ2) is 5.01. The van der Waals surface area contributed by atoms with Crippen LogP contribution in [0.25, 0.3) is 5.78 Å². The summed E-state index contributed by atoms with van der Waals surface area (Å²) in [6, 6.07) is -0.918. The molecule has 0 radical (unpaired) electrons. The van der Waals surface area contributed by atoms with Gasteiger partial charge in [-0.15, -0.1) is 0 Å². The van der Waals surface area contributed by atoms with Gasteiger partial charge in [-0.1, -0.05) is 6.92 Å². The fourth-order valence-electron chi connectivity index (χ4n) is 1.69. The lowest BCUT2D eigenvalue weighted by Crippen LogP contribution is -2.40. The van der Waals surface area contributed by atoms with Gasteiger partial charge in [-0.25, -0.2) is 14.3 Å². The standard InChI is InChI=1S/C11H13N5O3/c1-3-8(10(18)19)15-9(17)7-4-12-11-13-5-14-16(11)6(7)2/h4-5,8H,3H2,1-2H3,(H,15,17)(H,18,19). The molecular formula is C11H13N5O3. The summed E-state index contributed by atoms with van der Waals surface area (Å²) in [7, 11) is 0. The minimum Gasteiger partial charge on any atom is -0.480 e. The van der Waals surface area contributed by atoms with Crippen LogP contribution >= 0.6 is 0 Å². The van der Waals surface area contributed by atoms with E-state index < -0.39 is 17.9 Å². The number of aryl methyl sites for hydroxylation is 1. The third-order valence-electron chi connectivity index (χ3n) is 2.80. The van der Waals surface area contributed by atoms with Gasteiger partial charge in [0.05, 0.1) is 11.3 Å². The SMILES string of the molecule is CCC(NC(=O)c1cnc2ncnn2c1C)C(=O)O. The average molecular weight is 263 g/mol. The van der Waals surface area contributed by atoms with E-state index in [4.69, 9.17) is 5.11 Å². The monoisotopic (exact) mass is 263 g/mol. The van der Waals surface area contributed by atoms with Crippen molar-refractivity contribution in [3.63, 3.8) is 0 Å². The smallest absolute Gasteiger partial charge is 0.326 e. The number of carbonyl (C=O) groups excluding carboxylic acids is 1. The highest BCUT2D eigenvalue weighted by Crippen LogP contribution is 2.08. The van der Waals surface area contributed by atoms with E-state index >= 15 is 0 Å². The summed E-state index contributed by atoms with van der Waals surface area (Å²) < 4.78 is 1.43. The number of aliphatic carboxylic acids is 1. The lowest BCUT2D eigenvalue weighted by Gasteiger charge is -2.13. The lowest BCUT2D eigenvalue weighted by atomic mass is 10.2. The fourth-order valence-corrected chi connectivity index (χ4v) is 1.69. The van der Waals surface area contributed by atoms with Crippen molar-refractivity contribution >= 4 is 17.7 Å². The quantitative estimate of drug-likeness (QED) is 0.805. The van der Waals surface area contributed by atoms with Crippen LogP contribution in [0.3, 0.4) is 0 Å². The van der Waals surface area contributed by atoms with Gasteiger partial charge in [0, 0.05) is 6.20 Å². The van der Waals surface area contributed by atoms with Gasteiger partial charge < -0.3 is 10.4 Å². The first-order valence-corrected chi connectivity index (χ1v) is 5.73. The van der Waals surface area contributed by atoms with Crippen molar-refractivity contribution in [1.82, 2.24) is 24.9 Å². The van der Waals surface area contributed by atoms with E-state index in [9.17, 15) is 9.59 Å². The van der Waals surface area contributed by atoms with E-state index in [1.807, 2.05) is 0 Å². The van der Waals surface area contributed by atoms with E-state index in [1.165, 1.54) is 17.0 Å². The second-order valence-corrected chi connectivity index (χ2v) is 4.00. The van der Waals surface area contributed by atoms with Crippen molar-refractivity contribution in [3.8, 4) is 0 Å². The number of carboxylic acid groups (broad SMARTS) is 1. The number of hydrogen-bond acceptors (Lipinski definition) is 5. The maximum absolute atomic E-state index is 12.0. The van der Waals surface area contributed by atoms with Crippen LogP contribution in [0.5, 0.6) is 0 Å². The average Bonchev–Trinajstić information content (AvgIpc) is 2.84. The molecule has 0 saturated carbocycles. The van der Waals surface area contributed by atoms with Crippen LogP contribution in [0, 0.1) is 6.92 Å². The molecule has 0 saturated heterocycles. The molecule has 2 rings (SSSR count). The van der Waals surface area contributed by atoms with Crippen LogP contribution in [0.15, 0.2) is 12.5 Å². The number of rotatable bonds is 4. The first-order chi connectivity index (χ1) is 9.04. The van der Waals surface area contributed by atoms with E-state index in [1.54, 1.807) is 13.8 Å². The Morgan fingerprint density at radius 3 is 2.84 bits per heavy atom. The first-order valence-electron chi connectivity index (χ1n) is 5.73. The number of hydrogen-bond donors (Lipinski definition) is 2. The van der Waals surface area contributed by atoms with Gasteiger partial charge >= 0.3 is 5.97 Å². The number of carboxylic acids is 1. The topological polar surface area (TPSA) is 109 Å². The zero-order valence-corrected chi connectivity index (χ0v) is 10.5. The molecule has 2 aromatic rings. The zero-order valence-electron chi connectivity index (χ0n) is 10.5. The Labute approximate surface area is 108 Å². The van der Waals surface area contributed by atoms with Crippen LogP contribution in [-0.4, -0.2) is 42.6 Å². The molecule has 2 N–H and O–H groups in total. The van der Waals surface area contributed by atoms with Gasteiger partial charge in [0.2, 0.25) is 0 Å². The highest BCUT2D eigenvalue weighted by molar-refractivity contribution is 5.97. The summed E-state index contributed by atoms with van der Waals surface area (Å²) in [5, 5.41) is 15.3. The number of amides is 1. The van der Waals surface area contributed by atoms with Crippen molar-refractivity contribution in [2.75, 3.05) is 0 Å². The number of nitrogens with one attached hydrogen (secondary N) is 1. The molecule has 8 nitrogen and oxygen atoms in total. The van der Waals surface area contributed by atoms with Gasteiger partial charge in [0.15, 0.2) is 0 Å². The molecule has 100 valence electrons. The van der Waals surface area contributed by atoms with E-state index in [0.29, 0.717) is 17.9 Å². The van der Waals surface area contributed by atoms with E-state index in [-0.39, 0.29) is 5.56 Å².